The van der Waals surface area contributed by atoms with Crippen molar-refractivity contribution in [1.29, 1.82) is 0 Å². The van der Waals surface area contributed by atoms with Gasteiger partial charge < -0.3 is 0 Å². The molecule has 0 aromatic heterocycles. The fourth-order valence-corrected chi connectivity index (χ4v) is 6.21. The second kappa shape index (κ2) is 6.56. The van der Waals surface area contributed by atoms with Crippen LogP contribution >= 0.6 is 15.9 Å². The summed E-state index contributed by atoms with van der Waals surface area (Å²) in [5.41, 5.74) is 0.938. The topological polar surface area (TPSA) is 0 Å². The Labute approximate surface area is 68.6 Å². The summed E-state index contributed by atoms with van der Waals surface area (Å²) >= 11 is 0. The van der Waals surface area contributed by atoms with Crippen LogP contribution in [0.25, 0.3) is 0 Å². The number of rotatable bonds is 5. The zero-order valence-corrected chi connectivity index (χ0v) is 9.54. The maximum Gasteiger partial charge on any atom is -0.0255 e. The summed E-state index contributed by atoms with van der Waals surface area (Å²) in [6, 6.07) is 0. The molecule has 0 aromatic rings. The lowest BCUT2D eigenvalue weighted by atomic mass is 10.4. The molecule has 0 aliphatic carbocycles. The monoisotopic (exact) mass is 178 g/mol. The standard InChI is InChI=1S/C8H20P2/c1-5-6-7-10(4)9-8(2)3/h8-9H,5-7H2,1-4H3. The summed E-state index contributed by atoms with van der Waals surface area (Å²) in [6.07, 6.45) is 4.32. The van der Waals surface area contributed by atoms with E-state index in [1.165, 1.54) is 27.3 Å². The van der Waals surface area contributed by atoms with Gasteiger partial charge in [0.1, 0.15) is 0 Å². The molecule has 0 heterocycles. The zero-order valence-electron chi connectivity index (χ0n) is 7.65. The van der Waals surface area contributed by atoms with Crippen LogP contribution in [0.1, 0.15) is 33.6 Å². The van der Waals surface area contributed by atoms with Crippen molar-refractivity contribution in [2.45, 2.75) is 39.3 Å². The highest BCUT2D eigenvalue weighted by molar-refractivity contribution is 8.21. The quantitative estimate of drug-likeness (QED) is 0.560. The zero-order chi connectivity index (χ0) is 7.98. The summed E-state index contributed by atoms with van der Waals surface area (Å²) in [4.78, 5) is 0. The lowest BCUT2D eigenvalue weighted by Gasteiger charge is -2.13. The molecule has 0 saturated carbocycles. The first-order valence-corrected chi connectivity index (χ1v) is 8.03. The van der Waals surface area contributed by atoms with Gasteiger partial charge in [0.25, 0.3) is 0 Å². The summed E-state index contributed by atoms with van der Waals surface area (Å²) in [5, 5.41) is 0. The second-order valence-corrected chi connectivity index (χ2v) is 9.38. The fourth-order valence-electron chi connectivity index (χ4n) is 0.901. The van der Waals surface area contributed by atoms with Crippen molar-refractivity contribution in [3.8, 4) is 0 Å². The van der Waals surface area contributed by atoms with E-state index in [0.29, 0.717) is 7.61 Å². The van der Waals surface area contributed by atoms with Gasteiger partial charge in [0.2, 0.25) is 0 Å². The SMILES string of the molecule is CCCCP(C)PC(C)C. The normalized spacial score (nSPS) is 15.3. The Morgan fingerprint density at radius 3 is 2.40 bits per heavy atom. The third-order valence-corrected chi connectivity index (χ3v) is 6.81. The molecule has 2 heteroatoms. The lowest BCUT2D eigenvalue weighted by molar-refractivity contribution is 0.894. The van der Waals surface area contributed by atoms with Crippen LogP contribution in [0.15, 0.2) is 0 Å². The van der Waals surface area contributed by atoms with Crippen LogP contribution in [0, 0.1) is 0 Å². The highest BCUT2D eigenvalue weighted by atomic mass is 32.0. The van der Waals surface area contributed by atoms with Crippen LogP contribution < -0.4 is 0 Å². The number of unbranched alkanes of at least 4 members (excludes halogenated alkanes) is 1. The molecular formula is C8H20P2. The van der Waals surface area contributed by atoms with E-state index in [0.717, 1.165) is 5.66 Å². The molecule has 0 aliphatic rings. The predicted molar refractivity (Wildman–Crippen MR) is 56.1 cm³/mol. The van der Waals surface area contributed by atoms with Gasteiger partial charge in [-0.25, -0.2) is 0 Å². The van der Waals surface area contributed by atoms with E-state index in [9.17, 15) is 0 Å². The van der Waals surface area contributed by atoms with Gasteiger partial charge in [-0.1, -0.05) is 43.1 Å². The molecule has 0 aromatic carbocycles. The Bertz CT molecular complexity index is 71.7. The van der Waals surface area contributed by atoms with Crippen LogP contribution in [-0.2, 0) is 0 Å². The minimum atomic E-state index is 0.402. The Balaban J connectivity index is 3.16. The molecule has 0 rings (SSSR count). The molecule has 2 atom stereocenters. The van der Waals surface area contributed by atoms with Gasteiger partial charge in [-0.05, 0) is 24.9 Å². The van der Waals surface area contributed by atoms with E-state index in [1.807, 2.05) is 0 Å². The van der Waals surface area contributed by atoms with Crippen molar-refractivity contribution >= 4 is 15.9 Å². The van der Waals surface area contributed by atoms with Gasteiger partial charge in [0, 0.05) is 0 Å². The molecule has 0 radical (unpaired) electrons. The van der Waals surface area contributed by atoms with Gasteiger partial charge in [0.15, 0.2) is 0 Å². The minimum absolute atomic E-state index is 0.402. The van der Waals surface area contributed by atoms with E-state index >= 15 is 0 Å². The smallest absolute Gasteiger partial charge is 0.0255 e. The van der Waals surface area contributed by atoms with Crippen molar-refractivity contribution in [1.82, 2.24) is 0 Å². The van der Waals surface area contributed by atoms with Gasteiger partial charge in [-0.3, -0.25) is 0 Å². The largest absolute Gasteiger partial charge is 0.0937 e. The highest BCUT2D eigenvalue weighted by Crippen LogP contribution is 2.54. The van der Waals surface area contributed by atoms with Crippen molar-refractivity contribution < 1.29 is 0 Å². The first-order valence-electron chi connectivity index (χ1n) is 4.14. The van der Waals surface area contributed by atoms with Crippen LogP contribution in [-0.4, -0.2) is 18.5 Å². The summed E-state index contributed by atoms with van der Waals surface area (Å²) in [7, 11) is 1.64. The van der Waals surface area contributed by atoms with Gasteiger partial charge in [-0.2, -0.15) is 0 Å². The molecule has 0 N–H and O–H groups in total. The van der Waals surface area contributed by atoms with Gasteiger partial charge >= 0.3 is 0 Å². The molecule has 0 nitrogen and oxygen atoms in total. The summed E-state index contributed by atoms with van der Waals surface area (Å²) in [6.45, 7) is 9.40. The Morgan fingerprint density at radius 1 is 1.40 bits per heavy atom. The number of hydrogen-bond acceptors (Lipinski definition) is 0. The Morgan fingerprint density at radius 2 is 2.00 bits per heavy atom. The molecule has 0 bridgehead atoms. The lowest BCUT2D eigenvalue weighted by Crippen LogP contribution is -1.83. The van der Waals surface area contributed by atoms with E-state index in [1.54, 1.807) is 0 Å². The molecule has 0 amide bonds. The molecule has 10 heavy (non-hydrogen) atoms. The van der Waals surface area contributed by atoms with Crippen molar-refractivity contribution in [3.63, 3.8) is 0 Å². The van der Waals surface area contributed by atoms with E-state index in [2.05, 4.69) is 27.4 Å². The van der Waals surface area contributed by atoms with Crippen LogP contribution in [0.5, 0.6) is 0 Å². The Kier molecular flexibility index (Phi) is 7.13. The van der Waals surface area contributed by atoms with Gasteiger partial charge in [0.05, 0.1) is 0 Å². The van der Waals surface area contributed by atoms with Gasteiger partial charge in [-0.15, -0.1) is 0 Å². The van der Waals surface area contributed by atoms with Crippen molar-refractivity contribution in [3.05, 3.63) is 0 Å². The van der Waals surface area contributed by atoms with Crippen molar-refractivity contribution in [2.75, 3.05) is 12.8 Å². The third-order valence-electron chi connectivity index (χ3n) is 1.33. The first kappa shape index (κ1) is 10.9. The van der Waals surface area contributed by atoms with E-state index in [-0.39, 0.29) is 0 Å². The molecule has 0 spiro atoms. The molecule has 62 valence electrons. The fraction of sp³-hybridized carbons (Fsp3) is 1.00. The average Bonchev–Trinajstić information content (AvgIpc) is 1.82. The Hall–Kier alpha value is 0.860. The van der Waals surface area contributed by atoms with Crippen LogP contribution in [0.3, 0.4) is 0 Å². The highest BCUT2D eigenvalue weighted by Gasteiger charge is 2.01. The maximum atomic E-state index is 2.45. The van der Waals surface area contributed by atoms with E-state index in [4.69, 9.17) is 0 Å². The van der Waals surface area contributed by atoms with E-state index < -0.39 is 0 Å². The molecule has 0 saturated heterocycles. The second-order valence-electron chi connectivity index (χ2n) is 3.06. The molecular weight excluding hydrogens is 158 g/mol. The summed E-state index contributed by atoms with van der Waals surface area (Å²) in [5.74, 6) is 0. The average molecular weight is 178 g/mol. The minimum Gasteiger partial charge on any atom is -0.0937 e. The molecule has 0 fully saturated rings. The molecule has 2 unspecified atom stereocenters. The third kappa shape index (κ3) is 6.97. The number of hydrogen-bond donors (Lipinski definition) is 0. The summed E-state index contributed by atoms with van der Waals surface area (Å²) < 4.78 is 0. The van der Waals surface area contributed by atoms with Crippen LogP contribution in [0.4, 0.5) is 0 Å². The predicted octanol–water partition coefficient (Wildman–Crippen LogP) is 3.90. The van der Waals surface area contributed by atoms with Crippen molar-refractivity contribution in [2.24, 2.45) is 0 Å². The first-order chi connectivity index (χ1) is 4.66. The maximum absolute atomic E-state index is 2.45. The van der Waals surface area contributed by atoms with Crippen LogP contribution in [0.2, 0.25) is 0 Å². The molecule has 0 aliphatic heterocycles.